The Bertz CT molecular complexity index is 1090. The molecule has 2 aromatic carbocycles. The Morgan fingerprint density at radius 2 is 1.84 bits per heavy atom. The normalized spacial score (nSPS) is 11.1. The molecule has 0 spiro atoms. The molecule has 0 N–H and O–H groups in total. The molecule has 0 fully saturated rings. The van der Waals surface area contributed by atoms with Crippen LogP contribution in [-0.4, -0.2) is 28.5 Å². The Morgan fingerprint density at radius 1 is 1.16 bits per heavy atom. The fraction of sp³-hybridized carbons (Fsp3) is 0.227. The summed E-state index contributed by atoms with van der Waals surface area (Å²) in [6.45, 7) is -1.43. The first-order valence-corrected chi connectivity index (χ1v) is 10.6. The summed E-state index contributed by atoms with van der Waals surface area (Å²) in [5, 5.41) is 11.7. The first-order valence-electron chi connectivity index (χ1n) is 9.37. The van der Waals surface area contributed by atoms with E-state index in [0.717, 1.165) is 4.90 Å². The molecule has 0 aliphatic heterocycles. The van der Waals surface area contributed by atoms with E-state index in [1.165, 1.54) is 35.6 Å². The molecule has 1 aromatic heterocycles. The second kappa shape index (κ2) is 10.5. The van der Waals surface area contributed by atoms with Gasteiger partial charge in [-0.3, -0.25) is 4.79 Å². The molecule has 5 nitrogen and oxygen atoms in total. The Labute approximate surface area is 191 Å². The van der Waals surface area contributed by atoms with Crippen LogP contribution in [0.5, 0.6) is 5.75 Å². The summed E-state index contributed by atoms with van der Waals surface area (Å²) in [5.41, 5.74) is 1.26. The highest BCUT2D eigenvalue weighted by atomic mass is 35.5. The second-order valence-corrected chi connectivity index (χ2v) is 8.20. The predicted octanol–water partition coefficient (Wildman–Crippen LogP) is 5.38. The van der Waals surface area contributed by atoms with Crippen LogP contribution in [0.4, 0.5) is 13.2 Å². The minimum absolute atomic E-state index is 0.165. The zero-order valence-electron chi connectivity index (χ0n) is 16.6. The van der Waals surface area contributed by atoms with Crippen molar-refractivity contribution >= 4 is 28.8 Å². The number of alkyl halides is 3. The van der Waals surface area contributed by atoms with Crippen LogP contribution in [0.2, 0.25) is 5.02 Å². The molecule has 3 rings (SSSR count). The smallest absolute Gasteiger partial charge is 0.406 e. The number of thiazole rings is 1. The summed E-state index contributed by atoms with van der Waals surface area (Å²) in [6, 6.07) is 14.8. The molecule has 166 valence electrons. The van der Waals surface area contributed by atoms with Gasteiger partial charge in [0.05, 0.1) is 23.7 Å². The molecule has 0 unspecified atom stereocenters. The van der Waals surface area contributed by atoms with Gasteiger partial charge in [0, 0.05) is 16.9 Å². The molecule has 0 saturated carbocycles. The standard InChI is InChI=1S/C22H17ClF3N3O2S/c23-17-5-7-19(8-6-17)31-12-20-28-18(13-32-20)9-21(30)29(14-22(24,25)26)11-16-3-1-15(10-27)2-4-16/h1-8,13H,9,11-12,14H2. The zero-order valence-corrected chi connectivity index (χ0v) is 18.2. The van der Waals surface area contributed by atoms with E-state index < -0.39 is 18.6 Å². The van der Waals surface area contributed by atoms with Crippen LogP contribution in [-0.2, 0) is 24.4 Å². The van der Waals surface area contributed by atoms with Gasteiger partial charge in [-0.05, 0) is 42.0 Å². The van der Waals surface area contributed by atoms with Crippen molar-refractivity contribution in [2.45, 2.75) is 25.7 Å². The van der Waals surface area contributed by atoms with E-state index in [0.29, 0.717) is 32.6 Å². The topological polar surface area (TPSA) is 66.2 Å². The Balaban J connectivity index is 1.63. The van der Waals surface area contributed by atoms with Crippen molar-refractivity contribution in [1.82, 2.24) is 9.88 Å². The molecular formula is C22H17ClF3N3O2S. The number of nitriles is 1. The van der Waals surface area contributed by atoms with E-state index in [-0.39, 0.29) is 19.6 Å². The van der Waals surface area contributed by atoms with E-state index in [1.54, 1.807) is 29.6 Å². The number of nitrogens with zero attached hydrogens (tertiary/aromatic N) is 3. The monoisotopic (exact) mass is 479 g/mol. The van der Waals surface area contributed by atoms with Crippen LogP contribution in [0.25, 0.3) is 0 Å². The number of carbonyl (C=O) groups excluding carboxylic acids is 1. The molecule has 10 heteroatoms. The lowest BCUT2D eigenvalue weighted by atomic mass is 10.1. The maximum Gasteiger partial charge on any atom is 0.406 e. The van der Waals surface area contributed by atoms with Crippen molar-refractivity contribution in [2.24, 2.45) is 0 Å². The van der Waals surface area contributed by atoms with Gasteiger partial charge in [0.1, 0.15) is 23.9 Å². The van der Waals surface area contributed by atoms with Crippen molar-refractivity contribution in [3.63, 3.8) is 0 Å². The van der Waals surface area contributed by atoms with Gasteiger partial charge in [-0.2, -0.15) is 18.4 Å². The van der Waals surface area contributed by atoms with Crippen molar-refractivity contribution in [3.05, 3.63) is 80.8 Å². The number of rotatable bonds is 8. The summed E-state index contributed by atoms with van der Waals surface area (Å²) >= 11 is 7.09. The number of halogens is 4. The van der Waals surface area contributed by atoms with Crippen molar-refractivity contribution < 1.29 is 22.7 Å². The highest BCUT2D eigenvalue weighted by Crippen LogP contribution is 2.21. The summed E-state index contributed by atoms with van der Waals surface area (Å²) in [5.74, 6) is -0.0943. The zero-order chi connectivity index (χ0) is 23.1. The van der Waals surface area contributed by atoms with Gasteiger partial charge >= 0.3 is 6.18 Å². The first kappa shape index (κ1) is 23.6. The van der Waals surface area contributed by atoms with Crippen molar-refractivity contribution in [3.8, 4) is 11.8 Å². The molecule has 0 atom stereocenters. The number of benzene rings is 2. The van der Waals surface area contributed by atoms with Gasteiger partial charge in [-0.15, -0.1) is 11.3 Å². The lowest BCUT2D eigenvalue weighted by Gasteiger charge is -2.24. The van der Waals surface area contributed by atoms with Gasteiger partial charge in [-0.25, -0.2) is 4.98 Å². The Kier molecular flexibility index (Phi) is 7.72. The third-order valence-corrected chi connectivity index (χ3v) is 5.41. The Hall–Kier alpha value is -3.09. The largest absolute Gasteiger partial charge is 0.486 e. The summed E-state index contributed by atoms with van der Waals surface area (Å²) in [6.07, 6.45) is -4.80. The summed E-state index contributed by atoms with van der Waals surface area (Å²) < 4.78 is 44.7. The molecule has 3 aromatic rings. The summed E-state index contributed by atoms with van der Waals surface area (Å²) in [7, 11) is 0. The van der Waals surface area contributed by atoms with Crippen LogP contribution >= 0.6 is 22.9 Å². The molecule has 1 heterocycles. The average Bonchev–Trinajstić information content (AvgIpc) is 3.19. The number of ether oxygens (including phenoxy) is 1. The van der Waals surface area contributed by atoms with Crippen LogP contribution in [0.3, 0.4) is 0 Å². The van der Waals surface area contributed by atoms with E-state index in [9.17, 15) is 18.0 Å². The number of hydrogen-bond donors (Lipinski definition) is 0. The maximum atomic E-state index is 13.0. The molecule has 0 bridgehead atoms. The number of hydrogen-bond acceptors (Lipinski definition) is 5. The van der Waals surface area contributed by atoms with Crippen LogP contribution in [0, 0.1) is 11.3 Å². The number of aromatic nitrogens is 1. The molecule has 0 radical (unpaired) electrons. The minimum atomic E-state index is -4.54. The van der Waals surface area contributed by atoms with Crippen molar-refractivity contribution in [1.29, 1.82) is 5.26 Å². The maximum absolute atomic E-state index is 13.0. The van der Waals surface area contributed by atoms with Crippen LogP contribution in [0.1, 0.15) is 21.8 Å². The van der Waals surface area contributed by atoms with E-state index in [4.69, 9.17) is 21.6 Å². The second-order valence-electron chi connectivity index (χ2n) is 6.83. The lowest BCUT2D eigenvalue weighted by molar-refractivity contribution is -0.162. The molecule has 0 aliphatic carbocycles. The van der Waals surface area contributed by atoms with Crippen LogP contribution in [0.15, 0.2) is 53.9 Å². The number of carbonyl (C=O) groups is 1. The fourth-order valence-electron chi connectivity index (χ4n) is 2.79. The quantitative estimate of drug-likeness (QED) is 0.435. The first-order chi connectivity index (χ1) is 15.2. The minimum Gasteiger partial charge on any atom is -0.486 e. The van der Waals surface area contributed by atoms with Gasteiger partial charge < -0.3 is 9.64 Å². The van der Waals surface area contributed by atoms with E-state index in [2.05, 4.69) is 4.98 Å². The Morgan fingerprint density at radius 3 is 2.47 bits per heavy atom. The third-order valence-electron chi connectivity index (χ3n) is 4.29. The van der Waals surface area contributed by atoms with Gasteiger partial charge in [-0.1, -0.05) is 23.7 Å². The van der Waals surface area contributed by atoms with Gasteiger partial charge in [0.15, 0.2) is 0 Å². The SMILES string of the molecule is N#Cc1ccc(CN(CC(F)(F)F)C(=O)Cc2csc(COc3ccc(Cl)cc3)n2)cc1. The molecule has 0 saturated heterocycles. The van der Waals surface area contributed by atoms with Crippen molar-refractivity contribution in [2.75, 3.05) is 6.54 Å². The molecule has 32 heavy (non-hydrogen) atoms. The van der Waals surface area contributed by atoms with Crippen LogP contribution < -0.4 is 4.74 Å². The lowest BCUT2D eigenvalue weighted by Crippen LogP contribution is -2.39. The fourth-order valence-corrected chi connectivity index (χ4v) is 3.62. The predicted molar refractivity (Wildman–Crippen MR) is 114 cm³/mol. The molecular weight excluding hydrogens is 463 g/mol. The highest BCUT2D eigenvalue weighted by Gasteiger charge is 2.33. The third kappa shape index (κ3) is 7.25. The molecule has 0 aliphatic rings. The average molecular weight is 480 g/mol. The van der Waals surface area contributed by atoms with E-state index in [1.807, 2.05) is 6.07 Å². The van der Waals surface area contributed by atoms with E-state index >= 15 is 0 Å². The molecule has 1 amide bonds. The van der Waals surface area contributed by atoms with Gasteiger partial charge in [0.25, 0.3) is 0 Å². The van der Waals surface area contributed by atoms with Gasteiger partial charge in [0.2, 0.25) is 5.91 Å². The highest BCUT2D eigenvalue weighted by molar-refractivity contribution is 7.09. The summed E-state index contributed by atoms with van der Waals surface area (Å²) in [4.78, 5) is 17.7. The number of amides is 1.